The van der Waals surface area contributed by atoms with E-state index in [4.69, 9.17) is 10.2 Å². The van der Waals surface area contributed by atoms with Crippen molar-refractivity contribution in [2.24, 2.45) is 0 Å². The van der Waals surface area contributed by atoms with Crippen LogP contribution < -0.4 is 5.32 Å². The predicted molar refractivity (Wildman–Crippen MR) is 66.4 cm³/mol. The van der Waals surface area contributed by atoms with Crippen molar-refractivity contribution in [1.29, 1.82) is 0 Å². The molecule has 1 aromatic carbocycles. The number of aliphatic carboxylic acids is 2. The Balaban J connectivity index is 2.34. The first-order valence-corrected chi connectivity index (χ1v) is 5.81. The zero-order chi connectivity index (χ0) is 13.4. The van der Waals surface area contributed by atoms with Crippen molar-refractivity contribution in [1.82, 2.24) is 5.32 Å². The van der Waals surface area contributed by atoms with Gasteiger partial charge in [-0.1, -0.05) is 30.3 Å². The van der Waals surface area contributed by atoms with Gasteiger partial charge in [0.2, 0.25) is 0 Å². The van der Waals surface area contributed by atoms with Crippen LogP contribution in [0.3, 0.4) is 0 Å². The Labute approximate surface area is 105 Å². The van der Waals surface area contributed by atoms with Crippen molar-refractivity contribution in [3.63, 3.8) is 0 Å². The molecule has 0 aliphatic heterocycles. The van der Waals surface area contributed by atoms with E-state index in [2.05, 4.69) is 5.32 Å². The average Bonchev–Trinajstić information content (AvgIpc) is 2.34. The fourth-order valence-corrected chi connectivity index (χ4v) is 1.62. The Hall–Kier alpha value is -1.88. The molecule has 0 spiro atoms. The molecule has 0 aliphatic rings. The van der Waals surface area contributed by atoms with E-state index in [1.807, 2.05) is 30.3 Å². The lowest BCUT2D eigenvalue weighted by atomic mass is 10.1. The monoisotopic (exact) mass is 251 g/mol. The molecule has 1 aromatic rings. The molecule has 0 aromatic heterocycles. The largest absolute Gasteiger partial charge is 0.481 e. The second-order valence-electron chi connectivity index (χ2n) is 4.01. The third-order valence-electron chi connectivity index (χ3n) is 2.59. The molecule has 5 nitrogen and oxygen atoms in total. The molecule has 5 heteroatoms. The Bertz CT molecular complexity index is 391. The number of nitrogens with one attached hydrogen (secondary N) is 1. The fourth-order valence-electron chi connectivity index (χ4n) is 1.62. The quantitative estimate of drug-likeness (QED) is 0.645. The molecule has 0 heterocycles. The molecule has 0 saturated heterocycles. The molecule has 1 rings (SSSR count). The molecule has 0 amide bonds. The van der Waals surface area contributed by atoms with Gasteiger partial charge in [0.15, 0.2) is 0 Å². The van der Waals surface area contributed by atoms with Crippen LogP contribution in [0.15, 0.2) is 30.3 Å². The lowest BCUT2D eigenvalue weighted by Crippen LogP contribution is -2.38. The second-order valence-corrected chi connectivity index (χ2v) is 4.01. The van der Waals surface area contributed by atoms with E-state index in [0.717, 1.165) is 12.0 Å². The third kappa shape index (κ3) is 5.45. The summed E-state index contributed by atoms with van der Waals surface area (Å²) in [6.45, 7) is 0.514. The standard InChI is InChI=1S/C13H17NO4/c15-12(16)7-6-11(13(17)18)14-9-8-10-4-2-1-3-5-10/h1-5,11,14H,6-9H2,(H,15,16)(H,17,18). The van der Waals surface area contributed by atoms with Crippen LogP contribution in [0.25, 0.3) is 0 Å². The van der Waals surface area contributed by atoms with Crippen LogP contribution in [-0.2, 0) is 16.0 Å². The number of carboxylic acid groups (broad SMARTS) is 2. The van der Waals surface area contributed by atoms with Crippen LogP contribution in [0.2, 0.25) is 0 Å². The fraction of sp³-hybridized carbons (Fsp3) is 0.385. The minimum atomic E-state index is -1.01. The molecule has 1 unspecified atom stereocenters. The van der Waals surface area contributed by atoms with E-state index < -0.39 is 18.0 Å². The number of hydrogen-bond acceptors (Lipinski definition) is 3. The van der Waals surface area contributed by atoms with Gasteiger partial charge in [-0.05, 0) is 24.9 Å². The smallest absolute Gasteiger partial charge is 0.320 e. The molecule has 0 saturated carbocycles. The van der Waals surface area contributed by atoms with E-state index in [1.165, 1.54) is 0 Å². The molecule has 98 valence electrons. The molecule has 1 atom stereocenters. The highest BCUT2D eigenvalue weighted by atomic mass is 16.4. The Morgan fingerprint density at radius 1 is 1.17 bits per heavy atom. The summed E-state index contributed by atoms with van der Waals surface area (Å²) < 4.78 is 0. The molecule has 0 radical (unpaired) electrons. The molecule has 0 aliphatic carbocycles. The average molecular weight is 251 g/mol. The van der Waals surface area contributed by atoms with Crippen LogP contribution in [-0.4, -0.2) is 34.7 Å². The van der Waals surface area contributed by atoms with Gasteiger partial charge in [-0.15, -0.1) is 0 Å². The Kier molecular flexibility index (Phi) is 5.87. The van der Waals surface area contributed by atoms with Crippen molar-refractivity contribution in [3.05, 3.63) is 35.9 Å². The normalized spacial score (nSPS) is 12.0. The van der Waals surface area contributed by atoms with Gasteiger partial charge >= 0.3 is 11.9 Å². The number of carbonyl (C=O) groups is 2. The van der Waals surface area contributed by atoms with E-state index in [-0.39, 0.29) is 12.8 Å². The summed E-state index contributed by atoms with van der Waals surface area (Å²) >= 11 is 0. The van der Waals surface area contributed by atoms with Crippen molar-refractivity contribution < 1.29 is 19.8 Å². The first-order valence-electron chi connectivity index (χ1n) is 5.81. The highest BCUT2D eigenvalue weighted by molar-refractivity contribution is 5.75. The molecular weight excluding hydrogens is 234 g/mol. The maximum absolute atomic E-state index is 10.9. The van der Waals surface area contributed by atoms with Crippen LogP contribution in [0.5, 0.6) is 0 Å². The molecule has 3 N–H and O–H groups in total. The van der Waals surface area contributed by atoms with Crippen molar-refractivity contribution >= 4 is 11.9 Å². The maximum Gasteiger partial charge on any atom is 0.320 e. The third-order valence-corrected chi connectivity index (χ3v) is 2.59. The van der Waals surface area contributed by atoms with Crippen LogP contribution in [0.4, 0.5) is 0 Å². The lowest BCUT2D eigenvalue weighted by Gasteiger charge is -2.13. The molecular formula is C13H17NO4. The highest BCUT2D eigenvalue weighted by Gasteiger charge is 2.17. The van der Waals surface area contributed by atoms with Gasteiger partial charge in [-0.2, -0.15) is 0 Å². The minimum Gasteiger partial charge on any atom is -0.481 e. The van der Waals surface area contributed by atoms with E-state index in [1.54, 1.807) is 0 Å². The van der Waals surface area contributed by atoms with E-state index in [0.29, 0.717) is 6.54 Å². The van der Waals surface area contributed by atoms with Gasteiger partial charge < -0.3 is 15.5 Å². The number of hydrogen-bond donors (Lipinski definition) is 3. The van der Waals surface area contributed by atoms with Crippen LogP contribution in [0.1, 0.15) is 18.4 Å². The summed E-state index contributed by atoms with van der Waals surface area (Å²) in [4.78, 5) is 21.3. The molecule has 0 bridgehead atoms. The first kappa shape index (κ1) is 14.2. The van der Waals surface area contributed by atoms with Crippen LogP contribution in [0, 0.1) is 0 Å². The minimum absolute atomic E-state index is 0.0967. The summed E-state index contributed by atoms with van der Waals surface area (Å²) in [6, 6.07) is 8.90. The number of carboxylic acids is 2. The summed E-state index contributed by atoms with van der Waals surface area (Å²) in [7, 11) is 0. The maximum atomic E-state index is 10.9. The Morgan fingerprint density at radius 3 is 2.39 bits per heavy atom. The number of benzene rings is 1. The van der Waals surface area contributed by atoms with E-state index in [9.17, 15) is 9.59 Å². The first-order chi connectivity index (χ1) is 8.59. The molecule has 0 fully saturated rings. The van der Waals surface area contributed by atoms with Gasteiger partial charge in [0.1, 0.15) is 6.04 Å². The van der Waals surface area contributed by atoms with Crippen LogP contribution >= 0.6 is 0 Å². The Morgan fingerprint density at radius 2 is 1.83 bits per heavy atom. The van der Waals surface area contributed by atoms with Crippen molar-refractivity contribution in [2.45, 2.75) is 25.3 Å². The zero-order valence-electron chi connectivity index (χ0n) is 10.0. The topological polar surface area (TPSA) is 86.6 Å². The molecule has 18 heavy (non-hydrogen) atoms. The van der Waals surface area contributed by atoms with Gasteiger partial charge in [0, 0.05) is 6.42 Å². The van der Waals surface area contributed by atoms with Gasteiger partial charge in [-0.25, -0.2) is 0 Å². The summed E-state index contributed by atoms with van der Waals surface area (Å²) in [5.74, 6) is -1.99. The summed E-state index contributed by atoms with van der Waals surface area (Å²) in [5.41, 5.74) is 1.12. The predicted octanol–water partition coefficient (Wildman–Crippen LogP) is 1.14. The van der Waals surface area contributed by atoms with Crippen molar-refractivity contribution in [2.75, 3.05) is 6.54 Å². The van der Waals surface area contributed by atoms with Gasteiger partial charge in [0.25, 0.3) is 0 Å². The van der Waals surface area contributed by atoms with Crippen molar-refractivity contribution in [3.8, 4) is 0 Å². The summed E-state index contributed by atoms with van der Waals surface area (Å²) in [5, 5.41) is 20.3. The highest BCUT2D eigenvalue weighted by Crippen LogP contribution is 2.01. The summed E-state index contributed by atoms with van der Waals surface area (Å²) in [6.07, 6.45) is 0.673. The second kappa shape index (κ2) is 7.45. The SMILES string of the molecule is O=C(O)CCC(NCCc1ccccc1)C(=O)O. The number of rotatable bonds is 8. The van der Waals surface area contributed by atoms with Gasteiger partial charge in [0.05, 0.1) is 0 Å². The lowest BCUT2D eigenvalue weighted by molar-refractivity contribution is -0.140. The zero-order valence-corrected chi connectivity index (χ0v) is 10.0. The van der Waals surface area contributed by atoms with Gasteiger partial charge in [-0.3, -0.25) is 9.59 Å². The van der Waals surface area contributed by atoms with E-state index >= 15 is 0 Å².